The summed E-state index contributed by atoms with van der Waals surface area (Å²) in [7, 11) is 0. The second-order valence-electron chi connectivity index (χ2n) is 6.19. The van der Waals surface area contributed by atoms with Crippen LogP contribution in [0, 0.1) is 11.8 Å². The second kappa shape index (κ2) is 13.0. The molecule has 0 fully saturated rings. The number of hydrogen-bond donors (Lipinski definition) is 0. The number of ketones is 4. The average Bonchev–Trinajstić information content (AvgIpc) is 2.68. The minimum absolute atomic E-state index is 0. The van der Waals surface area contributed by atoms with Crippen molar-refractivity contribution in [1.29, 1.82) is 0 Å². The van der Waals surface area contributed by atoms with Gasteiger partial charge in [0.15, 0.2) is 11.6 Å². The van der Waals surface area contributed by atoms with E-state index >= 15 is 0 Å². The Labute approximate surface area is 188 Å². The fourth-order valence-electron chi connectivity index (χ4n) is 2.45. The fourth-order valence-corrected chi connectivity index (χ4v) is 2.45. The molecule has 0 N–H and O–H groups in total. The Morgan fingerprint density at radius 1 is 0.581 bits per heavy atom. The van der Waals surface area contributed by atoms with Gasteiger partial charge >= 0.3 is 17.1 Å². The zero-order valence-electron chi connectivity index (χ0n) is 16.5. The number of aliphatic carboxylic acids is 2. The summed E-state index contributed by atoms with van der Waals surface area (Å²) in [6.07, 6.45) is 0. The smallest absolute Gasteiger partial charge is 0.549 e. The molecule has 1 radical (unpaired) electrons. The summed E-state index contributed by atoms with van der Waals surface area (Å²) in [6.45, 7) is 2.11. The molecular weight excluding hydrogens is 456 g/mol. The molecule has 31 heavy (non-hydrogen) atoms. The van der Waals surface area contributed by atoms with Gasteiger partial charge in [0.2, 0.25) is 0 Å². The number of carbonyl (C=O) groups is 6. The van der Waals surface area contributed by atoms with Gasteiger partial charge in [-0.3, -0.25) is 19.2 Å². The van der Waals surface area contributed by atoms with E-state index in [9.17, 15) is 39.0 Å². The summed E-state index contributed by atoms with van der Waals surface area (Å²) < 4.78 is 0. The van der Waals surface area contributed by atoms with Gasteiger partial charge in [0, 0.05) is 11.1 Å². The van der Waals surface area contributed by atoms with E-state index in [0.717, 1.165) is 13.8 Å². The molecule has 0 aromatic heterocycles. The van der Waals surface area contributed by atoms with Gasteiger partial charge < -0.3 is 19.8 Å². The first-order chi connectivity index (χ1) is 14.1. The molecule has 0 saturated heterocycles. The van der Waals surface area contributed by atoms with E-state index in [-0.39, 0.29) is 28.2 Å². The van der Waals surface area contributed by atoms with Crippen molar-refractivity contribution in [3.63, 3.8) is 0 Å². The van der Waals surface area contributed by atoms with E-state index in [1.165, 1.54) is 24.3 Å². The first-order valence-electron chi connectivity index (χ1n) is 8.69. The molecule has 2 unspecified atom stereocenters. The first-order valence-corrected chi connectivity index (χ1v) is 8.69. The van der Waals surface area contributed by atoms with Crippen LogP contribution in [0.25, 0.3) is 0 Å². The molecule has 8 nitrogen and oxygen atoms in total. The van der Waals surface area contributed by atoms with Gasteiger partial charge in [-0.25, -0.2) is 0 Å². The van der Waals surface area contributed by atoms with Crippen LogP contribution in [0.15, 0.2) is 60.7 Å². The second-order valence-corrected chi connectivity index (χ2v) is 6.19. The molecule has 0 aliphatic carbocycles. The molecule has 2 aromatic carbocycles. The van der Waals surface area contributed by atoms with E-state index in [1.807, 2.05) is 0 Å². The van der Waals surface area contributed by atoms with E-state index in [1.54, 1.807) is 36.4 Å². The minimum Gasteiger partial charge on any atom is -0.549 e. The molecular formula is C22H18CuO8. The molecule has 0 aliphatic heterocycles. The maximum Gasteiger partial charge on any atom is 2.00 e. The Morgan fingerprint density at radius 3 is 1.03 bits per heavy atom. The van der Waals surface area contributed by atoms with Gasteiger partial charge in [0.25, 0.3) is 0 Å². The Morgan fingerprint density at radius 2 is 0.839 bits per heavy atom. The first kappa shape index (κ1) is 27.6. The molecule has 0 heterocycles. The zero-order chi connectivity index (χ0) is 22.8. The Bertz CT molecular complexity index is 846. The van der Waals surface area contributed by atoms with Crippen LogP contribution in [-0.4, -0.2) is 35.1 Å². The van der Waals surface area contributed by atoms with Crippen molar-refractivity contribution in [2.45, 2.75) is 13.8 Å². The van der Waals surface area contributed by atoms with Crippen LogP contribution in [0.2, 0.25) is 0 Å². The van der Waals surface area contributed by atoms with Crippen LogP contribution >= 0.6 is 0 Å². The number of carboxylic acids is 2. The standard InChI is InChI=1S/2C11H10O4.Cu/c2*1-7(12)9(11(14)15)10(13)8-5-3-2-4-6-8;/h2*2-6,9H,1H3,(H,14,15);/q;;+2/p-2. The Kier molecular flexibility index (Phi) is 11.6. The van der Waals surface area contributed by atoms with Gasteiger partial charge in [-0.1, -0.05) is 60.7 Å². The van der Waals surface area contributed by atoms with Crippen LogP contribution in [0.5, 0.6) is 0 Å². The summed E-state index contributed by atoms with van der Waals surface area (Å²) in [5.41, 5.74) is 0.392. The third-order valence-corrected chi connectivity index (χ3v) is 3.93. The normalized spacial score (nSPS) is 11.4. The maximum absolute atomic E-state index is 11.6. The largest absolute Gasteiger partial charge is 2.00 e. The van der Waals surface area contributed by atoms with Crippen molar-refractivity contribution in [1.82, 2.24) is 0 Å². The van der Waals surface area contributed by atoms with Crippen LogP contribution < -0.4 is 10.2 Å². The quantitative estimate of drug-likeness (QED) is 0.287. The van der Waals surface area contributed by atoms with E-state index < -0.39 is 46.9 Å². The van der Waals surface area contributed by atoms with Gasteiger partial charge in [-0.15, -0.1) is 0 Å². The topological polar surface area (TPSA) is 149 Å². The van der Waals surface area contributed by atoms with E-state index in [4.69, 9.17) is 0 Å². The predicted octanol–water partition coefficient (Wildman–Crippen LogP) is -0.354. The number of carboxylic acid groups (broad SMARTS) is 2. The monoisotopic (exact) mass is 473 g/mol. The van der Waals surface area contributed by atoms with E-state index in [2.05, 4.69) is 0 Å². The molecule has 2 aromatic rings. The minimum atomic E-state index is -1.70. The maximum atomic E-state index is 11.6. The average molecular weight is 474 g/mol. The van der Waals surface area contributed by atoms with Crippen molar-refractivity contribution in [3.8, 4) is 0 Å². The summed E-state index contributed by atoms with van der Waals surface area (Å²) in [4.78, 5) is 66.3. The molecule has 0 aliphatic rings. The van der Waals surface area contributed by atoms with Crippen LogP contribution in [0.3, 0.4) is 0 Å². The van der Waals surface area contributed by atoms with Crippen LogP contribution in [-0.2, 0) is 36.2 Å². The Balaban J connectivity index is 0.000000562. The zero-order valence-corrected chi connectivity index (χ0v) is 17.4. The number of carbonyl (C=O) groups excluding carboxylic acids is 6. The molecule has 0 saturated carbocycles. The van der Waals surface area contributed by atoms with Crippen molar-refractivity contribution < 1.29 is 56.0 Å². The predicted molar refractivity (Wildman–Crippen MR) is 99.9 cm³/mol. The van der Waals surface area contributed by atoms with Crippen molar-refractivity contribution >= 4 is 35.1 Å². The molecule has 0 spiro atoms. The summed E-state index contributed by atoms with van der Waals surface area (Å²) in [5.74, 6) is -9.62. The fraction of sp³-hybridized carbons (Fsp3) is 0.182. The summed E-state index contributed by atoms with van der Waals surface area (Å²) in [5, 5.41) is 21.2. The third-order valence-electron chi connectivity index (χ3n) is 3.93. The van der Waals surface area contributed by atoms with Gasteiger partial charge in [0.05, 0.1) is 11.9 Å². The molecule has 9 heteroatoms. The third kappa shape index (κ3) is 8.08. The molecule has 2 rings (SSSR count). The SMILES string of the molecule is CC(=O)C(C(=O)[O-])C(=O)c1ccccc1.CC(=O)C(C(=O)[O-])C(=O)c1ccccc1.[Cu+2]. The molecule has 0 amide bonds. The number of benzene rings is 2. The molecule has 0 bridgehead atoms. The number of hydrogen-bond acceptors (Lipinski definition) is 8. The molecule has 165 valence electrons. The van der Waals surface area contributed by atoms with Gasteiger partial charge in [-0.2, -0.15) is 0 Å². The van der Waals surface area contributed by atoms with Gasteiger partial charge in [0.1, 0.15) is 23.4 Å². The van der Waals surface area contributed by atoms with Crippen molar-refractivity contribution in [2.75, 3.05) is 0 Å². The van der Waals surface area contributed by atoms with Gasteiger partial charge in [-0.05, 0) is 13.8 Å². The van der Waals surface area contributed by atoms with E-state index in [0.29, 0.717) is 0 Å². The van der Waals surface area contributed by atoms with Crippen LogP contribution in [0.4, 0.5) is 0 Å². The van der Waals surface area contributed by atoms with Crippen LogP contribution in [0.1, 0.15) is 34.6 Å². The van der Waals surface area contributed by atoms with Crippen molar-refractivity contribution in [2.24, 2.45) is 11.8 Å². The number of Topliss-reactive ketones (excluding diaryl/α,β-unsaturated/α-hetero) is 4. The summed E-state index contributed by atoms with van der Waals surface area (Å²) in [6, 6.07) is 15.6. The van der Waals surface area contributed by atoms with Crippen molar-refractivity contribution in [3.05, 3.63) is 71.8 Å². The molecule has 2 atom stereocenters. The number of rotatable bonds is 8. The summed E-state index contributed by atoms with van der Waals surface area (Å²) >= 11 is 0. The Hall–Kier alpha value is -3.42.